The fraction of sp³-hybridized carbons (Fsp3) is 0.759. The highest BCUT2D eigenvalue weighted by Gasteiger charge is 2.36. The summed E-state index contributed by atoms with van der Waals surface area (Å²) >= 11 is 1.16. The summed E-state index contributed by atoms with van der Waals surface area (Å²) in [4.78, 5) is 58.4. The fourth-order valence-electron chi connectivity index (χ4n) is 5.09. The Morgan fingerprint density at radius 1 is 1.20 bits per heavy atom. The molecule has 0 aliphatic carbocycles. The van der Waals surface area contributed by atoms with Crippen LogP contribution in [-0.4, -0.2) is 94.0 Å². The van der Waals surface area contributed by atoms with E-state index in [1.165, 1.54) is 0 Å². The van der Waals surface area contributed by atoms with Gasteiger partial charge in [0.2, 0.25) is 11.8 Å². The minimum atomic E-state index is -0.997. The summed E-state index contributed by atoms with van der Waals surface area (Å²) in [5.74, 6) is -2.29. The van der Waals surface area contributed by atoms with Crippen LogP contribution in [-0.2, 0) is 14.4 Å². The number of carbonyl (C=O) groups is 4. The minimum Gasteiger partial charge on any atom is -0.481 e. The lowest BCUT2D eigenvalue weighted by atomic mass is 9.92. The average Bonchev–Trinajstić information content (AvgIpc) is 3.44. The third-order valence-electron chi connectivity index (χ3n) is 8.25. The topological polar surface area (TPSA) is 152 Å². The Bertz CT molecular complexity index is 1030. The molecular weight excluding hydrogens is 546 g/mol. The van der Waals surface area contributed by atoms with E-state index in [4.69, 9.17) is 5.11 Å². The molecule has 2 rings (SSSR count). The Labute approximate surface area is 248 Å². The molecule has 1 aromatic rings. The summed E-state index contributed by atoms with van der Waals surface area (Å²) in [5, 5.41) is 27.7. The molecule has 1 aliphatic heterocycles. The van der Waals surface area contributed by atoms with Crippen molar-refractivity contribution in [2.24, 2.45) is 17.8 Å². The van der Waals surface area contributed by atoms with Crippen LogP contribution in [0.5, 0.6) is 0 Å². The zero-order valence-corrected chi connectivity index (χ0v) is 26.4. The molecule has 12 heteroatoms. The molecule has 1 aliphatic rings. The summed E-state index contributed by atoms with van der Waals surface area (Å²) in [6, 6.07) is -1.25. The second-order valence-corrected chi connectivity index (χ2v) is 12.6. The van der Waals surface area contributed by atoms with Gasteiger partial charge in [0, 0.05) is 31.4 Å². The van der Waals surface area contributed by atoms with Crippen LogP contribution < -0.4 is 10.6 Å². The van der Waals surface area contributed by atoms with E-state index in [-0.39, 0.29) is 54.4 Å². The number of hydrogen-bond acceptors (Lipinski definition) is 8. The molecule has 2 unspecified atom stereocenters. The molecule has 0 spiro atoms. The van der Waals surface area contributed by atoms with Crippen LogP contribution in [0.2, 0.25) is 0 Å². The number of likely N-dealkylation sites (N-methyl/N-ethyl adjacent to an activating group) is 2. The molecule has 1 fully saturated rings. The van der Waals surface area contributed by atoms with Gasteiger partial charge in [0.25, 0.3) is 5.91 Å². The fourth-order valence-corrected chi connectivity index (χ4v) is 5.89. The number of carbonyl (C=O) groups excluding carboxylic acids is 3. The van der Waals surface area contributed by atoms with Crippen LogP contribution in [0.15, 0.2) is 5.38 Å². The number of amides is 3. The number of carboxylic acids is 1. The second-order valence-electron chi connectivity index (χ2n) is 11.7. The van der Waals surface area contributed by atoms with E-state index in [0.29, 0.717) is 11.4 Å². The van der Waals surface area contributed by atoms with E-state index >= 15 is 0 Å². The lowest BCUT2D eigenvalue weighted by molar-refractivity contribution is -0.141. The molecule has 0 saturated carbocycles. The number of aromatic nitrogens is 1. The van der Waals surface area contributed by atoms with Crippen LogP contribution in [0.1, 0.15) is 94.7 Å². The van der Waals surface area contributed by atoms with Gasteiger partial charge in [-0.05, 0) is 44.7 Å². The molecular formula is C29H49N5O6S. The van der Waals surface area contributed by atoms with Crippen molar-refractivity contribution >= 4 is 35.0 Å². The normalized spacial score (nSPS) is 19.6. The predicted octanol–water partition coefficient (Wildman–Crippen LogP) is 2.91. The first kappa shape index (κ1) is 34.6. The molecule has 0 aromatic carbocycles. The SMILES string of the molecule is CCC(C)[C@H](NC(=O)[C@H]1CCCCN1C)C(=O)N(C)C(C[C@@H](O)c1nc(C(=O)NCC[C@H](C)C(=O)O)cs1)C(C)C. The molecule has 0 radical (unpaired) electrons. The van der Waals surface area contributed by atoms with Gasteiger partial charge in [-0.25, -0.2) is 4.98 Å². The van der Waals surface area contributed by atoms with Gasteiger partial charge in [-0.2, -0.15) is 0 Å². The number of piperidine rings is 1. The van der Waals surface area contributed by atoms with Crippen LogP contribution in [0.4, 0.5) is 0 Å². The monoisotopic (exact) mass is 595 g/mol. The minimum absolute atomic E-state index is 0.00955. The van der Waals surface area contributed by atoms with Gasteiger partial charge in [0.05, 0.1) is 12.0 Å². The number of hydrogen-bond donors (Lipinski definition) is 4. The zero-order chi connectivity index (χ0) is 30.9. The van der Waals surface area contributed by atoms with Gasteiger partial charge in [-0.15, -0.1) is 11.3 Å². The highest BCUT2D eigenvalue weighted by Crippen LogP contribution is 2.28. The first-order valence-corrected chi connectivity index (χ1v) is 15.6. The number of nitrogens with zero attached hydrogens (tertiary/aromatic N) is 3. The van der Waals surface area contributed by atoms with E-state index in [1.807, 2.05) is 39.6 Å². The van der Waals surface area contributed by atoms with Crippen molar-refractivity contribution in [3.05, 3.63) is 16.1 Å². The Hall–Kier alpha value is -2.57. The maximum absolute atomic E-state index is 13.8. The van der Waals surface area contributed by atoms with Crippen molar-refractivity contribution in [1.82, 2.24) is 25.4 Å². The summed E-state index contributed by atoms with van der Waals surface area (Å²) in [6.45, 7) is 10.6. The molecule has 11 nitrogen and oxygen atoms in total. The first-order chi connectivity index (χ1) is 19.3. The molecule has 1 aromatic heterocycles. The second kappa shape index (κ2) is 16.2. The molecule has 0 bridgehead atoms. The largest absolute Gasteiger partial charge is 0.481 e. The van der Waals surface area contributed by atoms with Crippen LogP contribution in [0.3, 0.4) is 0 Å². The first-order valence-electron chi connectivity index (χ1n) is 14.7. The van der Waals surface area contributed by atoms with Crippen molar-refractivity contribution in [3.63, 3.8) is 0 Å². The third-order valence-corrected chi connectivity index (χ3v) is 9.20. The standard InChI is InChI=1S/C29H49N5O6S/c1-8-18(4)24(32-26(37)21-11-9-10-14-33(21)6)28(38)34(7)22(17(2)3)15-23(35)27-31-20(16-41-27)25(36)30-13-12-19(5)29(39)40/h16-19,21-24,35H,8-15H2,1-7H3,(H,30,36)(H,32,37)(H,39,40)/t18?,19-,21+,22?,23+,24-/m0/s1. The van der Waals surface area contributed by atoms with Gasteiger partial charge in [-0.3, -0.25) is 24.1 Å². The molecule has 6 atom stereocenters. The summed E-state index contributed by atoms with van der Waals surface area (Å²) in [5.41, 5.74) is 0.157. The third kappa shape index (κ3) is 9.75. The van der Waals surface area contributed by atoms with Crippen molar-refractivity contribution in [3.8, 4) is 0 Å². The lowest BCUT2D eigenvalue weighted by Gasteiger charge is -2.38. The predicted molar refractivity (Wildman–Crippen MR) is 158 cm³/mol. The molecule has 4 N–H and O–H groups in total. The van der Waals surface area contributed by atoms with Crippen LogP contribution in [0.25, 0.3) is 0 Å². The quantitative estimate of drug-likeness (QED) is 0.242. The Morgan fingerprint density at radius 2 is 1.88 bits per heavy atom. The molecule has 232 valence electrons. The van der Waals surface area contributed by atoms with Crippen LogP contribution >= 0.6 is 11.3 Å². The van der Waals surface area contributed by atoms with Crippen molar-refractivity contribution in [1.29, 1.82) is 0 Å². The molecule has 41 heavy (non-hydrogen) atoms. The summed E-state index contributed by atoms with van der Waals surface area (Å²) < 4.78 is 0. The highest BCUT2D eigenvalue weighted by molar-refractivity contribution is 7.09. The van der Waals surface area contributed by atoms with Gasteiger partial charge < -0.3 is 25.7 Å². The Balaban J connectivity index is 2.08. The van der Waals surface area contributed by atoms with E-state index < -0.39 is 29.9 Å². The number of rotatable bonds is 15. The smallest absolute Gasteiger partial charge is 0.306 e. The Morgan fingerprint density at radius 3 is 2.46 bits per heavy atom. The van der Waals surface area contributed by atoms with E-state index in [2.05, 4.69) is 15.6 Å². The molecule has 1 saturated heterocycles. The average molecular weight is 596 g/mol. The van der Waals surface area contributed by atoms with Crippen molar-refractivity contribution < 1.29 is 29.4 Å². The van der Waals surface area contributed by atoms with Gasteiger partial charge in [0.1, 0.15) is 22.8 Å². The number of likely N-dealkylation sites (tertiary alicyclic amines) is 1. The highest BCUT2D eigenvalue weighted by atomic mass is 32.1. The van der Waals surface area contributed by atoms with E-state index in [9.17, 15) is 24.3 Å². The number of carboxylic acid groups (broad SMARTS) is 1. The number of aliphatic hydroxyl groups is 1. The van der Waals surface area contributed by atoms with Crippen molar-refractivity contribution in [2.45, 2.75) is 97.4 Å². The van der Waals surface area contributed by atoms with Gasteiger partial charge in [0.15, 0.2) is 0 Å². The number of nitrogens with one attached hydrogen (secondary N) is 2. The van der Waals surface area contributed by atoms with Gasteiger partial charge in [-0.1, -0.05) is 47.5 Å². The maximum atomic E-state index is 13.8. The zero-order valence-electron chi connectivity index (χ0n) is 25.6. The number of aliphatic carboxylic acids is 1. The molecule has 2 heterocycles. The molecule has 3 amide bonds. The lowest BCUT2D eigenvalue weighted by Crippen LogP contribution is -2.58. The summed E-state index contributed by atoms with van der Waals surface area (Å²) in [6.07, 6.45) is 3.07. The summed E-state index contributed by atoms with van der Waals surface area (Å²) in [7, 11) is 3.66. The maximum Gasteiger partial charge on any atom is 0.306 e. The van der Waals surface area contributed by atoms with Gasteiger partial charge >= 0.3 is 5.97 Å². The number of thiazole rings is 1. The Kier molecular flexibility index (Phi) is 13.7. The van der Waals surface area contributed by atoms with E-state index in [1.54, 1.807) is 24.3 Å². The van der Waals surface area contributed by atoms with E-state index in [0.717, 1.165) is 43.6 Å². The van der Waals surface area contributed by atoms with Crippen LogP contribution in [0, 0.1) is 17.8 Å². The number of aliphatic hydroxyl groups excluding tert-OH is 1. The van der Waals surface area contributed by atoms with Crippen molar-refractivity contribution in [2.75, 3.05) is 27.2 Å².